The van der Waals surface area contributed by atoms with Crippen LogP contribution < -0.4 is 5.73 Å². The molecule has 3 aromatic rings. The van der Waals surface area contributed by atoms with Gasteiger partial charge >= 0.3 is 0 Å². The van der Waals surface area contributed by atoms with Crippen molar-refractivity contribution in [2.24, 2.45) is 0 Å². The average Bonchev–Trinajstić information content (AvgIpc) is 2.82. The Hall–Kier alpha value is -1.88. The molecular formula is C10H7N3OS. The van der Waals surface area contributed by atoms with Crippen LogP contribution in [0, 0.1) is 0 Å². The topological polar surface area (TPSA) is 64.9 Å². The molecule has 0 spiro atoms. The van der Waals surface area contributed by atoms with E-state index in [-0.39, 0.29) is 0 Å². The monoisotopic (exact) mass is 217 g/mol. The number of nitrogens with zero attached hydrogens (tertiary/aromatic N) is 2. The van der Waals surface area contributed by atoms with Crippen molar-refractivity contribution in [1.82, 2.24) is 8.75 Å². The second-order valence-electron chi connectivity index (χ2n) is 3.15. The Morgan fingerprint density at radius 2 is 2.07 bits per heavy atom. The molecule has 0 aliphatic carbocycles. The number of furan rings is 1. The van der Waals surface area contributed by atoms with E-state index in [1.165, 1.54) is 0 Å². The highest BCUT2D eigenvalue weighted by Gasteiger charge is 2.12. The van der Waals surface area contributed by atoms with E-state index in [4.69, 9.17) is 10.2 Å². The van der Waals surface area contributed by atoms with Crippen molar-refractivity contribution in [3.8, 4) is 11.5 Å². The number of hydrogen-bond acceptors (Lipinski definition) is 5. The van der Waals surface area contributed by atoms with Crippen molar-refractivity contribution in [1.29, 1.82) is 0 Å². The van der Waals surface area contributed by atoms with E-state index >= 15 is 0 Å². The van der Waals surface area contributed by atoms with Gasteiger partial charge in [0.15, 0.2) is 17.3 Å². The largest absolute Gasteiger partial charge is 0.454 e. The molecule has 5 heteroatoms. The molecule has 0 saturated heterocycles. The van der Waals surface area contributed by atoms with Gasteiger partial charge in [-0.05, 0) is 12.1 Å². The highest BCUT2D eigenvalue weighted by molar-refractivity contribution is 6.99. The third-order valence-corrected chi connectivity index (χ3v) is 2.72. The van der Waals surface area contributed by atoms with Crippen LogP contribution >= 0.6 is 11.7 Å². The second kappa shape index (κ2) is 3.06. The highest BCUT2D eigenvalue weighted by atomic mass is 32.1. The number of benzene rings is 1. The van der Waals surface area contributed by atoms with Crippen LogP contribution in [0.15, 0.2) is 34.7 Å². The first-order valence-electron chi connectivity index (χ1n) is 4.41. The normalized spacial score (nSPS) is 10.9. The molecule has 0 unspecified atom stereocenters. The third kappa shape index (κ3) is 1.28. The zero-order valence-corrected chi connectivity index (χ0v) is 8.49. The van der Waals surface area contributed by atoms with Crippen LogP contribution in [0.5, 0.6) is 0 Å². The van der Waals surface area contributed by atoms with E-state index < -0.39 is 0 Å². The number of nitrogen functional groups attached to an aromatic ring is 1. The Kier molecular flexibility index (Phi) is 1.72. The number of para-hydroxylation sites is 1. The first-order valence-corrected chi connectivity index (χ1v) is 5.14. The molecule has 0 atom stereocenters. The summed E-state index contributed by atoms with van der Waals surface area (Å²) in [5, 5.41) is 1.04. The lowest BCUT2D eigenvalue weighted by atomic mass is 10.2. The molecule has 0 radical (unpaired) electrons. The van der Waals surface area contributed by atoms with Gasteiger partial charge in [-0.25, -0.2) is 0 Å². The van der Waals surface area contributed by atoms with E-state index in [0.717, 1.165) is 22.7 Å². The Labute approximate surface area is 89.7 Å². The van der Waals surface area contributed by atoms with E-state index in [1.807, 2.05) is 30.3 Å². The lowest BCUT2D eigenvalue weighted by molar-refractivity contribution is 0.630. The van der Waals surface area contributed by atoms with Gasteiger partial charge in [0.25, 0.3) is 0 Å². The molecule has 0 amide bonds. The molecule has 2 aromatic heterocycles. The first-order chi connectivity index (χ1) is 7.34. The summed E-state index contributed by atoms with van der Waals surface area (Å²) in [6, 6.07) is 9.71. The summed E-state index contributed by atoms with van der Waals surface area (Å²) < 4.78 is 13.6. The van der Waals surface area contributed by atoms with Gasteiger partial charge in [0.2, 0.25) is 0 Å². The van der Waals surface area contributed by atoms with Crippen LogP contribution in [-0.4, -0.2) is 8.75 Å². The van der Waals surface area contributed by atoms with Gasteiger partial charge < -0.3 is 10.2 Å². The number of nitrogens with two attached hydrogens (primary N) is 1. The Bertz CT molecular complexity index is 581. The molecular weight excluding hydrogens is 210 g/mol. The fourth-order valence-corrected chi connectivity index (χ4v) is 1.95. The first kappa shape index (κ1) is 8.43. The Morgan fingerprint density at radius 1 is 1.20 bits per heavy atom. The molecule has 2 heterocycles. The molecule has 15 heavy (non-hydrogen) atoms. The van der Waals surface area contributed by atoms with Gasteiger partial charge in [-0.1, -0.05) is 18.2 Å². The van der Waals surface area contributed by atoms with Crippen LogP contribution in [0.1, 0.15) is 0 Å². The summed E-state index contributed by atoms with van der Waals surface area (Å²) >= 11 is 1.09. The molecule has 0 fully saturated rings. The summed E-state index contributed by atoms with van der Waals surface area (Å²) in [6.45, 7) is 0. The summed E-state index contributed by atoms with van der Waals surface area (Å²) in [5.41, 5.74) is 7.13. The maximum atomic E-state index is 5.67. The van der Waals surface area contributed by atoms with E-state index in [0.29, 0.717) is 17.3 Å². The predicted octanol–water partition coefficient (Wildman–Crippen LogP) is 2.53. The van der Waals surface area contributed by atoms with E-state index in [2.05, 4.69) is 8.75 Å². The average molecular weight is 217 g/mol. The van der Waals surface area contributed by atoms with Gasteiger partial charge in [0.05, 0.1) is 11.7 Å². The van der Waals surface area contributed by atoms with Crippen molar-refractivity contribution in [2.75, 3.05) is 5.73 Å². The van der Waals surface area contributed by atoms with Crippen LogP contribution in [0.25, 0.3) is 22.4 Å². The molecule has 4 nitrogen and oxygen atoms in total. The maximum Gasteiger partial charge on any atom is 0.168 e. The standard InChI is InChI=1S/C10H7N3OS/c11-10-9(12-15-13-10)8-5-6-3-1-2-4-7(6)14-8/h1-5H,(H2,11,13). The van der Waals surface area contributed by atoms with Crippen molar-refractivity contribution in [3.63, 3.8) is 0 Å². The fourth-order valence-electron chi connectivity index (χ4n) is 1.47. The van der Waals surface area contributed by atoms with Gasteiger partial charge in [0.1, 0.15) is 5.58 Å². The van der Waals surface area contributed by atoms with Crippen molar-refractivity contribution >= 4 is 28.5 Å². The number of rotatable bonds is 1. The highest BCUT2D eigenvalue weighted by Crippen LogP contribution is 2.29. The van der Waals surface area contributed by atoms with Crippen molar-refractivity contribution in [2.45, 2.75) is 0 Å². The zero-order valence-electron chi connectivity index (χ0n) is 7.68. The number of hydrogen-bond donors (Lipinski definition) is 1. The minimum Gasteiger partial charge on any atom is -0.454 e. The predicted molar refractivity (Wildman–Crippen MR) is 59.5 cm³/mol. The van der Waals surface area contributed by atoms with Gasteiger partial charge in [-0.2, -0.15) is 8.75 Å². The zero-order chi connectivity index (χ0) is 10.3. The SMILES string of the molecule is Nc1nsnc1-c1cc2ccccc2o1. The molecule has 0 bridgehead atoms. The summed E-state index contributed by atoms with van der Waals surface area (Å²) in [6.07, 6.45) is 0. The quantitative estimate of drug-likeness (QED) is 0.680. The summed E-state index contributed by atoms with van der Waals surface area (Å²) in [5.74, 6) is 1.08. The molecule has 1 aromatic carbocycles. The Balaban J connectivity index is 2.24. The number of aromatic nitrogens is 2. The summed E-state index contributed by atoms with van der Waals surface area (Å²) in [7, 11) is 0. The lowest BCUT2D eigenvalue weighted by Gasteiger charge is -1.88. The minimum atomic E-state index is 0.416. The van der Waals surface area contributed by atoms with E-state index in [9.17, 15) is 0 Å². The van der Waals surface area contributed by atoms with Crippen LogP contribution in [0.2, 0.25) is 0 Å². The van der Waals surface area contributed by atoms with E-state index in [1.54, 1.807) is 0 Å². The third-order valence-electron chi connectivity index (χ3n) is 2.17. The molecule has 3 rings (SSSR count). The van der Waals surface area contributed by atoms with Gasteiger partial charge in [-0.15, -0.1) is 0 Å². The molecule has 2 N–H and O–H groups in total. The van der Waals surface area contributed by atoms with Crippen LogP contribution in [0.3, 0.4) is 0 Å². The number of anilines is 1. The molecule has 74 valence electrons. The van der Waals surface area contributed by atoms with Gasteiger partial charge in [0, 0.05) is 5.39 Å². The lowest BCUT2D eigenvalue weighted by Crippen LogP contribution is -1.86. The van der Waals surface area contributed by atoms with Crippen molar-refractivity contribution in [3.05, 3.63) is 30.3 Å². The summed E-state index contributed by atoms with van der Waals surface area (Å²) in [4.78, 5) is 0. The minimum absolute atomic E-state index is 0.416. The molecule has 0 aliphatic rings. The van der Waals surface area contributed by atoms with Crippen LogP contribution in [-0.2, 0) is 0 Å². The molecule has 0 saturated carbocycles. The van der Waals surface area contributed by atoms with Gasteiger partial charge in [-0.3, -0.25) is 0 Å². The van der Waals surface area contributed by atoms with Crippen molar-refractivity contribution < 1.29 is 4.42 Å². The smallest absolute Gasteiger partial charge is 0.168 e. The fraction of sp³-hybridized carbons (Fsp3) is 0. The second-order valence-corrected chi connectivity index (χ2v) is 3.67. The maximum absolute atomic E-state index is 5.67. The Morgan fingerprint density at radius 3 is 2.80 bits per heavy atom. The van der Waals surface area contributed by atoms with Crippen LogP contribution in [0.4, 0.5) is 5.82 Å². The molecule has 0 aliphatic heterocycles. The number of fused-ring (bicyclic) bond motifs is 1.